The number of halogens is 1. The van der Waals surface area contributed by atoms with Gasteiger partial charge in [-0.2, -0.15) is 0 Å². The van der Waals surface area contributed by atoms with E-state index in [4.69, 9.17) is 0 Å². The van der Waals surface area contributed by atoms with Gasteiger partial charge in [0.2, 0.25) is 0 Å². The minimum atomic E-state index is 0.0921. The lowest BCUT2D eigenvalue weighted by Crippen LogP contribution is -2.25. The first-order valence-corrected chi connectivity index (χ1v) is 5.76. The van der Waals surface area contributed by atoms with Crippen LogP contribution in [-0.2, 0) is 0 Å². The van der Waals surface area contributed by atoms with Crippen LogP contribution in [0.2, 0.25) is 0 Å². The number of hydrogen-bond donors (Lipinski definition) is 0. The maximum Gasteiger partial charge on any atom is 0.159 e. The first-order valence-electron chi connectivity index (χ1n) is 4.96. The summed E-state index contributed by atoms with van der Waals surface area (Å²) in [6, 6.07) is 6.14. The quantitative estimate of drug-likeness (QED) is 0.783. The van der Waals surface area contributed by atoms with Gasteiger partial charge < -0.3 is 4.90 Å². The number of Topliss-reactive ketones (excluding diaryl/α,β-unsaturated/α-hetero) is 1. The summed E-state index contributed by atoms with van der Waals surface area (Å²) >= 11 is 3.49. The number of carbonyl (C=O) groups excluding carboxylic acids is 1. The molecule has 0 saturated carbocycles. The van der Waals surface area contributed by atoms with Gasteiger partial charge in [-0.1, -0.05) is 0 Å². The van der Waals surface area contributed by atoms with Gasteiger partial charge >= 0.3 is 0 Å². The molecule has 0 aliphatic rings. The van der Waals surface area contributed by atoms with Crippen molar-refractivity contribution in [2.24, 2.45) is 0 Å². The van der Waals surface area contributed by atoms with Crippen LogP contribution in [0.4, 0.5) is 5.69 Å². The van der Waals surface area contributed by atoms with Gasteiger partial charge in [0.05, 0.1) is 5.69 Å². The molecule has 0 aliphatic heterocycles. The molecule has 1 aromatic carbocycles. The summed E-state index contributed by atoms with van der Waals surface area (Å²) in [5.74, 6) is 0.0921. The van der Waals surface area contributed by atoms with Crippen molar-refractivity contribution in [1.82, 2.24) is 0 Å². The highest BCUT2D eigenvalue weighted by atomic mass is 79.9. The maximum atomic E-state index is 11.2. The Labute approximate surface area is 99.4 Å². The molecule has 15 heavy (non-hydrogen) atoms. The van der Waals surface area contributed by atoms with Crippen LogP contribution in [0.3, 0.4) is 0 Å². The van der Waals surface area contributed by atoms with E-state index < -0.39 is 0 Å². The molecule has 1 aromatic rings. The van der Waals surface area contributed by atoms with Crippen molar-refractivity contribution in [3.63, 3.8) is 0 Å². The number of carbonyl (C=O) groups is 1. The molecular formula is C12H16BrNO. The molecule has 1 rings (SSSR count). The third kappa shape index (κ3) is 2.81. The summed E-state index contributed by atoms with van der Waals surface area (Å²) in [6.45, 7) is 5.84. The number of ketones is 1. The monoisotopic (exact) mass is 269 g/mol. The standard InChI is InChI=1S/C12H16BrNO/c1-8(2)14(4)12-6-5-10(9(3)15)7-11(12)13/h5-8H,1-4H3. The van der Waals surface area contributed by atoms with E-state index in [1.807, 2.05) is 25.2 Å². The first kappa shape index (κ1) is 12.2. The fraction of sp³-hybridized carbons (Fsp3) is 0.417. The minimum Gasteiger partial charge on any atom is -0.371 e. The van der Waals surface area contributed by atoms with Crippen molar-refractivity contribution in [2.75, 3.05) is 11.9 Å². The SMILES string of the molecule is CC(=O)c1ccc(N(C)C(C)C)c(Br)c1. The fourth-order valence-corrected chi connectivity index (χ4v) is 1.95. The molecule has 0 fully saturated rings. The van der Waals surface area contributed by atoms with Crippen LogP contribution in [0.15, 0.2) is 22.7 Å². The highest BCUT2D eigenvalue weighted by Gasteiger charge is 2.10. The van der Waals surface area contributed by atoms with Crippen molar-refractivity contribution in [3.8, 4) is 0 Å². The second-order valence-corrected chi connectivity index (χ2v) is 4.78. The van der Waals surface area contributed by atoms with Gasteiger partial charge in [0.25, 0.3) is 0 Å². The van der Waals surface area contributed by atoms with Gasteiger partial charge in [-0.15, -0.1) is 0 Å². The second kappa shape index (κ2) is 4.79. The van der Waals surface area contributed by atoms with Crippen LogP contribution < -0.4 is 4.90 Å². The second-order valence-electron chi connectivity index (χ2n) is 3.93. The molecule has 0 aromatic heterocycles. The molecule has 2 nitrogen and oxygen atoms in total. The van der Waals surface area contributed by atoms with Crippen molar-refractivity contribution in [3.05, 3.63) is 28.2 Å². The summed E-state index contributed by atoms with van der Waals surface area (Å²) in [6.07, 6.45) is 0. The summed E-state index contributed by atoms with van der Waals surface area (Å²) in [4.78, 5) is 13.3. The van der Waals surface area contributed by atoms with Crippen LogP contribution in [0.25, 0.3) is 0 Å². The zero-order chi connectivity index (χ0) is 11.6. The van der Waals surface area contributed by atoms with E-state index in [1.54, 1.807) is 6.92 Å². The van der Waals surface area contributed by atoms with E-state index >= 15 is 0 Å². The zero-order valence-corrected chi connectivity index (χ0v) is 11.1. The van der Waals surface area contributed by atoms with Gasteiger partial charge in [0.15, 0.2) is 5.78 Å². The minimum absolute atomic E-state index is 0.0921. The van der Waals surface area contributed by atoms with Gasteiger partial charge in [0.1, 0.15) is 0 Å². The van der Waals surface area contributed by atoms with E-state index in [0.717, 1.165) is 15.7 Å². The molecule has 0 bridgehead atoms. The van der Waals surface area contributed by atoms with Crippen LogP contribution >= 0.6 is 15.9 Å². The van der Waals surface area contributed by atoms with E-state index in [-0.39, 0.29) is 5.78 Å². The largest absolute Gasteiger partial charge is 0.371 e. The molecule has 0 atom stereocenters. The lowest BCUT2D eigenvalue weighted by molar-refractivity contribution is 0.101. The molecule has 0 amide bonds. The van der Waals surface area contributed by atoms with Crippen LogP contribution in [-0.4, -0.2) is 18.9 Å². The summed E-state index contributed by atoms with van der Waals surface area (Å²) in [5, 5.41) is 0. The lowest BCUT2D eigenvalue weighted by atomic mass is 10.1. The molecule has 3 heteroatoms. The summed E-state index contributed by atoms with van der Waals surface area (Å²) in [5.41, 5.74) is 1.85. The van der Waals surface area contributed by atoms with E-state index in [9.17, 15) is 4.79 Å². The zero-order valence-electron chi connectivity index (χ0n) is 9.54. The topological polar surface area (TPSA) is 20.3 Å². The number of nitrogens with zero attached hydrogens (tertiary/aromatic N) is 1. The summed E-state index contributed by atoms with van der Waals surface area (Å²) < 4.78 is 0.964. The average Bonchev–Trinajstić information content (AvgIpc) is 2.16. The number of benzene rings is 1. The molecule has 0 N–H and O–H groups in total. The van der Waals surface area contributed by atoms with E-state index in [0.29, 0.717) is 6.04 Å². The van der Waals surface area contributed by atoms with Gasteiger partial charge in [-0.05, 0) is 54.9 Å². The van der Waals surface area contributed by atoms with Crippen LogP contribution in [0.5, 0.6) is 0 Å². The van der Waals surface area contributed by atoms with Crippen molar-refractivity contribution in [2.45, 2.75) is 26.8 Å². The number of anilines is 1. The van der Waals surface area contributed by atoms with Crippen molar-refractivity contribution in [1.29, 1.82) is 0 Å². The van der Waals surface area contributed by atoms with Gasteiger partial charge in [-0.3, -0.25) is 4.79 Å². The Morgan fingerprint density at radius 3 is 2.40 bits per heavy atom. The Morgan fingerprint density at radius 1 is 1.40 bits per heavy atom. The fourth-order valence-electron chi connectivity index (χ4n) is 1.29. The Hall–Kier alpha value is -0.830. The normalized spacial score (nSPS) is 10.5. The van der Waals surface area contributed by atoms with Crippen molar-refractivity contribution >= 4 is 27.4 Å². The Morgan fingerprint density at radius 2 is 2.00 bits per heavy atom. The molecule has 82 valence electrons. The third-order valence-corrected chi connectivity index (χ3v) is 3.14. The smallest absolute Gasteiger partial charge is 0.159 e. The molecule has 0 heterocycles. The van der Waals surface area contributed by atoms with Gasteiger partial charge in [0, 0.05) is 23.1 Å². The molecule has 0 saturated heterocycles. The van der Waals surface area contributed by atoms with E-state index in [2.05, 4.69) is 34.7 Å². The number of rotatable bonds is 3. The molecule has 0 unspecified atom stereocenters. The van der Waals surface area contributed by atoms with Crippen LogP contribution in [0.1, 0.15) is 31.1 Å². The predicted molar refractivity (Wildman–Crippen MR) is 67.7 cm³/mol. The highest BCUT2D eigenvalue weighted by Crippen LogP contribution is 2.27. The predicted octanol–water partition coefficient (Wildman–Crippen LogP) is 3.50. The average molecular weight is 270 g/mol. The molecule has 0 radical (unpaired) electrons. The highest BCUT2D eigenvalue weighted by molar-refractivity contribution is 9.10. The Balaban J connectivity index is 3.08. The third-order valence-electron chi connectivity index (χ3n) is 2.51. The lowest BCUT2D eigenvalue weighted by Gasteiger charge is -2.25. The molecule has 0 spiro atoms. The number of hydrogen-bond acceptors (Lipinski definition) is 2. The first-order chi connectivity index (χ1) is 6.93. The Bertz CT molecular complexity index is 374. The summed E-state index contributed by atoms with van der Waals surface area (Å²) in [7, 11) is 2.04. The van der Waals surface area contributed by atoms with Gasteiger partial charge in [-0.25, -0.2) is 0 Å². The van der Waals surface area contributed by atoms with Crippen LogP contribution in [0, 0.1) is 0 Å². The maximum absolute atomic E-state index is 11.2. The van der Waals surface area contributed by atoms with E-state index in [1.165, 1.54) is 0 Å². The van der Waals surface area contributed by atoms with Crippen molar-refractivity contribution < 1.29 is 4.79 Å². The molecular weight excluding hydrogens is 254 g/mol. The Kier molecular flexibility index (Phi) is 3.91. The molecule has 0 aliphatic carbocycles.